The molecule has 0 aliphatic rings. The van der Waals surface area contributed by atoms with E-state index in [2.05, 4.69) is 20.3 Å². The first-order chi connectivity index (χ1) is 8.99. The number of carbonyl (C=O) groups excluding carboxylic acids is 1. The van der Waals surface area contributed by atoms with Crippen LogP contribution in [0.5, 0.6) is 0 Å². The highest BCUT2D eigenvalue weighted by Gasteiger charge is 2.19. The van der Waals surface area contributed by atoms with Gasteiger partial charge in [-0.05, 0) is 22.4 Å². The van der Waals surface area contributed by atoms with Crippen LogP contribution in [0.25, 0.3) is 0 Å². The molecule has 1 heterocycles. The maximum absolute atomic E-state index is 13.1. The third-order valence-corrected chi connectivity index (χ3v) is 2.13. The molecule has 0 atom stereocenters. The van der Waals surface area contributed by atoms with Gasteiger partial charge < -0.3 is 11.1 Å². The number of anilines is 2. The lowest BCUT2D eigenvalue weighted by molar-refractivity contribution is -0.387. The fourth-order valence-corrected chi connectivity index (χ4v) is 1.27. The van der Waals surface area contributed by atoms with Crippen molar-refractivity contribution >= 4 is 23.1 Å². The Bertz CT molecular complexity index is 656. The Hall–Kier alpha value is -3.04. The van der Waals surface area contributed by atoms with Gasteiger partial charge in [-0.3, -0.25) is 14.9 Å². The number of benzene rings is 1. The van der Waals surface area contributed by atoms with Gasteiger partial charge in [-0.25, -0.2) is 4.63 Å². The fraction of sp³-hybridized carbons (Fsp3) is 0. The fourth-order valence-electron chi connectivity index (χ4n) is 1.27. The van der Waals surface area contributed by atoms with Gasteiger partial charge in [-0.2, -0.15) is 4.39 Å². The van der Waals surface area contributed by atoms with Gasteiger partial charge in [0.1, 0.15) is 0 Å². The van der Waals surface area contributed by atoms with Crippen molar-refractivity contribution in [1.29, 1.82) is 0 Å². The van der Waals surface area contributed by atoms with Crippen molar-refractivity contribution in [2.24, 2.45) is 0 Å². The molecule has 1 aromatic carbocycles. The number of rotatable bonds is 3. The highest BCUT2D eigenvalue weighted by Crippen LogP contribution is 2.22. The molecule has 2 rings (SSSR count). The van der Waals surface area contributed by atoms with Crippen LogP contribution in [0.1, 0.15) is 10.5 Å². The summed E-state index contributed by atoms with van der Waals surface area (Å²) in [6.45, 7) is 0. The third-order valence-electron chi connectivity index (χ3n) is 2.13. The predicted octanol–water partition coefficient (Wildman–Crippen LogP) is 0.951. The van der Waals surface area contributed by atoms with Gasteiger partial charge >= 0.3 is 5.69 Å². The summed E-state index contributed by atoms with van der Waals surface area (Å²) in [5.41, 5.74) is 4.28. The Morgan fingerprint density at radius 1 is 1.47 bits per heavy atom. The average molecular weight is 267 g/mol. The van der Waals surface area contributed by atoms with Crippen molar-refractivity contribution in [2.75, 3.05) is 11.1 Å². The summed E-state index contributed by atoms with van der Waals surface area (Å²) < 4.78 is 17.3. The highest BCUT2D eigenvalue weighted by atomic mass is 19.1. The van der Waals surface area contributed by atoms with E-state index in [1.54, 1.807) is 0 Å². The van der Waals surface area contributed by atoms with E-state index in [-0.39, 0.29) is 17.2 Å². The van der Waals surface area contributed by atoms with Crippen LogP contribution >= 0.6 is 0 Å². The Morgan fingerprint density at radius 3 is 2.79 bits per heavy atom. The zero-order valence-electron chi connectivity index (χ0n) is 9.16. The molecule has 0 saturated heterocycles. The van der Waals surface area contributed by atoms with Crippen molar-refractivity contribution in [1.82, 2.24) is 10.3 Å². The van der Waals surface area contributed by atoms with Crippen molar-refractivity contribution in [3.63, 3.8) is 0 Å². The number of aromatic nitrogens is 2. The van der Waals surface area contributed by atoms with Gasteiger partial charge in [-0.1, -0.05) is 0 Å². The van der Waals surface area contributed by atoms with E-state index in [0.29, 0.717) is 0 Å². The average Bonchev–Trinajstić information content (AvgIpc) is 2.77. The molecular formula is C9H6FN5O4. The monoisotopic (exact) mass is 267 g/mol. The smallest absolute Gasteiger partial charge is 0.306 e. The Kier molecular flexibility index (Phi) is 3.06. The summed E-state index contributed by atoms with van der Waals surface area (Å²) >= 11 is 0. The molecule has 3 N–H and O–H groups in total. The van der Waals surface area contributed by atoms with E-state index in [0.717, 1.165) is 18.2 Å². The van der Waals surface area contributed by atoms with E-state index >= 15 is 0 Å². The minimum absolute atomic E-state index is 0.0144. The minimum Gasteiger partial charge on any atom is -0.379 e. The second kappa shape index (κ2) is 4.68. The van der Waals surface area contributed by atoms with Crippen molar-refractivity contribution in [3.05, 3.63) is 39.8 Å². The summed E-state index contributed by atoms with van der Waals surface area (Å²) in [6, 6.07) is 2.89. The molecule has 1 amide bonds. The number of hydrogen-bond acceptors (Lipinski definition) is 7. The Morgan fingerprint density at radius 2 is 2.21 bits per heavy atom. The van der Waals surface area contributed by atoms with E-state index in [4.69, 9.17) is 5.73 Å². The van der Waals surface area contributed by atoms with Crippen molar-refractivity contribution in [3.8, 4) is 0 Å². The van der Waals surface area contributed by atoms with Crippen LogP contribution in [0, 0.1) is 15.9 Å². The molecule has 10 heteroatoms. The van der Waals surface area contributed by atoms with E-state index < -0.39 is 22.3 Å². The number of hydrogen-bond donors (Lipinski definition) is 2. The molecule has 2 aromatic rings. The molecule has 0 bridgehead atoms. The normalized spacial score (nSPS) is 10.2. The van der Waals surface area contributed by atoms with Crippen LogP contribution in [-0.2, 0) is 0 Å². The molecular weight excluding hydrogens is 261 g/mol. The topological polar surface area (TPSA) is 137 Å². The Balaban J connectivity index is 2.25. The number of nitrogens with two attached hydrogens (primary N) is 1. The van der Waals surface area contributed by atoms with Crippen LogP contribution in [0.2, 0.25) is 0 Å². The summed E-state index contributed by atoms with van der Waals surface area (Å²) in [6.07, 6.45) is 0. The largest absolute Gasteiger partial charge is 0.379 e. The molecule has 0 radical (unpaired) electrons. The van der Waals surface area contributed by atoms with Gasteiger partial charge in [0, 0.05) is 11.8 Å². The van der Waals surface area contributed by atoms with Gasteiger partial charge in [0.05, 0.1) is 4.92 Å². The first-order valence-corrected chi connectivity index (χ1v) is 4.82. The lowest BCUT2D eigenvalue weighted by Crippen LogP contribution is -2.14. The first kappa shape index (κ1) is 12.4. The van der Waals surface area contributed by atoms with Gasteiger partial charge in [-0.15, -0.1) is 0 Å². The first-order valence-electron chi connectivity index (χ1n) is 4.82. The number of nitrogens with one attached hydrogen (secondary N) is 1. The number of carbonyl (C=O) groups is 1. The van der Waals surface area contributed by atoms with E-state index in [9.17, 15) is 19.3 Å². The van der Waals surface area contributed by atoms with Gasteiger partial charge in [0.2, 0.25) is 17.3 Å². The standard InChI is InChI=1S/C9H6FN5O4/c10-5-2-1-4(3-6(5)15(17)18)12-9(16)7-8(11)14-19-13-7/h1-3H,(H2,11,14)(H,12,16). The zero-order valence-corrected chi connectivity index (χ0v) is 9.16. The third kappa shape index (κ3) is 2.46. The second-order valence-electron chi connectivity index (χ2n) is 3.38. The molecule has 0 aliphatic carbocycles. The van der Waals surface area contributed by atoms with E-state index in [1.807, 2.05) is 0 Å². The van der Waals surface area contributed by atoms with Gasteiger partial charge in [0.25, 0.3) is 5.91 Å². The maximum atomic E-state index is 13.1. The molecule has 0 aliphatic heterocycles. The predicted molar refractivity (Wildman–Crippen MR) is 59.7 cm³/mol. The molecule has 98 valence electrons. The number of halogens is 1. The minimum atomic E-state index is -1.01. The maximum Gasteiger partial charge on any atom is 0.306 e. The van der Waals surface area contributed by atoms with Crippen LogP contribution in [0.4, 0.5) is 21.6 Å². The van der Waals surface area contributed by atoms with E-state index in [1.165, 1.54) is 0 Å². The SMILES string of the molecule is Nc1nonc1C(=O)Nc1ccc(F)c([N+](=O)[O-])c1. The lowest BCUT2D eigenvalue weighted by Gasteiger charge is -2.03. The van der Waals surface area contributed by atoms with Crippen LogP contribution in [-0.4, -0.2) is 21.1 Å². The number of nitrogens with zero attached hydrogens (tertiary/aromatic N) is 3. The molecule has 0 saturated carbocycles. The number of amides is 1. The quantitative estimate of drug-likeness (QED) is 0.623. The summed E-state index contributed by atoms with van der Waals surface area (Å²) in [7, 11) is 0. The lowest BCUT2D eigenvalue weighted by atomic mass is 10.2. The molecule has 1 aromatic heterocycles. The summed E-state index contributed by atoms with van der Waals surface area (Å²) in [5.74, 6) is -2.01. The molecule has 0 fully saturated rings. The second-order valence-corrected chi connectivity index (χ2v) is 3.38. The number of nitrogen functional groups attached to an aromatic ring is 1. The van der Waals surface area contributed by atoms with Crippen molar-refractivity contribution < 1.29 is 18.7 Å². The molecule has 0 spiro atoms. The number of nitro benzene ring substituents is 1. The summed E-state index contributed by atoms with van der Waals surface area (Å²) in [4.78, 5) is 21.3. The highest BCUT2D eigenvalue weighted by molar-refractivity contribution is 6.05. The zero-order chi connectivity index (χ0) is 14.0. The Labute approximate surface area is 104 Å². The molecule has 19 heavy (non-hydrogen) atoms. The van der Waals surface area contributed by atoms with Crippen LogP contribution < -0.4 is 11.1 Å². The molecule has 9 nitrogen and oxygen atoms in total. The van der Waals surface area contributed by atoms with Crippen LogP contribution in [0.15, 0.2) is 22.8 Å². The molecule has 0 unspecified atom stereocenters. The van der Waals surface area contributed by atoms with Crippen molar-refractivity contribution in [2.45, 2.75) is 0 Å². The van der Waals surface area contributed by atoms with Gasteiger partial charge in [0.15, 0.2) is 0 Å². The number of nitro groups is 1. The summed E-state index contributed by atoms with van der Waals surface area (Å²) in [5, 5.41) is 19.3. The van der Waals surface area contributed by atoms with Crippen LogP contribution in [0.3, 0.4) is 0 Å².